The van der Waals surface area contributed by atoms with Gasteiger partial charge in [-0.3, -0.25) is 62.3 Å². The van der Waals surface area contributed by atoms with Crippen molar-refractivity contribution >= 4 is 88.6 Å². The summed E-state index contributed by atoms with van der Waals surface area (Å²) in [6.45, 7) is 29.7. The van der Waals surface area contributed by atoms with Gasteiger partial charge in [-0.25, -0.2) is 0 Å². The molecule has 0 aliphatic carbocycles. The minimum atomic E-state index is -1.40. The number of amides is 13. The second-order valence-electron chi connectivity index (χ2n) is 31.1. The Morgan fingerprint density at radius 3 is 1.16 bits per heavy atom. The molecule has 0 spiro atoms. The van der Waals surface area contributed by atoms with Gasteiger partial charge in [-0.1, -0.05) is 148 Å². The van der Waals surface area contributed by atoms with Gasteiger partial charge in [0.2, 0.25) is 65.0 Å². The van der Waals surface area contributed by atoms with Gasteiger partial charge < -0.3 is 102 Å². The topological polar surface area (TPSA) is 517 Å². The Kier molecular flexibility index (Phi) is 49.1. The van der Waals surface area contributed by atoms with Crippen LogP contribution in [0.4, 0.5) is 0 Å². The van der Waals surface area contributed by atoms with Crippen LogP contribution in [0.1, 0.15) is 207 Å². The zero-order valence-corrected chi connectivity index (χ0v) is 70.6. The third-order valence-corrected chi connectivity index (χ3v) is 20.6. The third-order valence-electron chi connectivity index (χ3n) is 20.0. The molecule has 0 fully saturated rings. The van der Waals surface area contributed by atoms with E-state index in [9.17, 15) is 77.6 Å². The monoisotopic (exact) mass is 1600 g/mol. The number of nitrogens with two attached hydrogens (primary N) is 3. The number of phenols is 1. The number of aromatic hydroxyl groups is 1. The molecule has 33 heteroatoms. The number of hydrogen-bond donors (Lipinski definition) is 19. The lowest BCUT2D eigenvalue weighted by Gasteiger charge is -2.32. The summed E-state index contributed by atoms with van der Waals surface area (Å²) in [5, 5.41) is 66.4. The van der Waals surface area contributed by atoms with Gasteiger partial charge >= 0.3 is 0 Å². The largest absolute Gasteiger partial charge is 0.508 e. The summed E-state index contributed by atoms with van der Waals surface area (Å²) >= 11 is 1.40. The SMILES string of the molecule is C/C=C(/NC(=O)[C@@H](O)[C@@H](C)CC)C(=O)N[C@@H](CCSC)C(=O)N[C@@H](CCCN)C(=O)N[C@H](C(=O)N[C@H](C(=O)N[C@H](C(=O)N[C@@H](CCCCN)C(=O)N[C@H](C(=O)N[C@H](C(=O)N[C@@H](CCCCN)C(=O)N[C@@H](Cc1ccc(O)cc1)C(=O)N[C@@H](CC(C)C)C(=O)N[C@H](CO)C(C)C)[C@@H](C)CC)C(C)C)C(C)C)C(C)C)[C@@H](C)CC. The number of hydrogen-bond acceptors (Lipinski definition) is 20. The molecule has 112 heavy (non-hydrogen) atoms. The van der Waals surface area contributed by atoms with E-state index in [1.165, 1.54) is 36.9 Å². The molecule has 22 N–H and O–H groups in total. The van der Waals surface area contributed by atoms with E-state index in [1.54, 1.807) is 101 Å². The zero-order chi connectivity index (χ0) is 85.2. The number of thioether (sulfide) groups is 1. The number of aliphatic hydroxyl groups is 2. The number of aliphatic hydroxyl groups excluding tert-OH is 2. The number of carbonyl (C=O) groups is 13. The lowest BCUT2D eigenvalue weighted by molar-refractivity contribution is -0.137. The van der Waals surface area contributed by atoms with Gasteiger partial charge in [0.1, 0.15) is 84.0 Å². The summed E-state index contributed by atoms with van der Waals surface area (Å²) in [6, 6.07) is -8.65. The molecule has 0 heterocycles. The van der Waals surface area contributed by atoms with Crippen molar-refractivity contribution < 1.29 is 77.6 Å². The smallest absolute Gasteiger partial charge is 0.268 e. The first-order valence-corrected chi connectivity index (χ1v) is 41.4. The van der Waals surface area contributed by atoms with Crippen LogP contribution in [0.5, 0.6) is 5.75 Å². The Labute approximate surface area is 668 Å². The standard InChI is InChI=1S/C79H140N16O16S/c1-19-48(15)64(77(109)87-54(28-23-25-36-80)68(100)89-59(41-51-31-33-52(97)34-32-51)73(105)88-58(40-43(5)6)72(104)90-60(42-96)44(7)8)95-76(108)62(46(11)12)91-70(102)55(29-24-26-37-81)86-74(106)61(45(9)10)92-75(107)63(47(13)14)93-78(110)65(49(16)20-2)94-71(103)56(30-27-38-82)84-69(101)57(35-39-112-18)85-67(99)53(22-4)83-79(111)66(98)50(17)21-3/h22,31-34,43-50,54-66,96-98H,19-21,23-30,35-42,80-82H2,1-18H3,(H,83,111)(H,84,101)(H,85,99)(H,86,106)(H,87,109)(H,88,105)(H,89,100)(H,90,104)(H,91,102)(H,92,107)(H,93,110)(H,94,103)(H,95,108)/b53-22+/t48-,49-,50-,54-,55-,56-,57-,58-,59-,60+,61-,62-,63-,64-,65-,66-/m0/s1. The average molecular weight is 1600 g/mol. The summed E-state index contributed by atoms with van der Waals surface area (Å²) in [5.74, 6) is -13.0. The van der Waals surface area contributed by atoms with Crippen molar-refractivity contribution in [1.29, 1.82) is 0 Å². The fourth-order valence-electron chi connectivity index (χ4n) is 11.9. The lowest BCUT2D eigenvalue weighted by atomic mass is 9.95. The summed E-state index contributed by atoms with van der Waals surface area (Å²) in [5.41, 5.74) is 18.0. The van der Waals surface area contributed by atoms with Gasteiger partial charge in [0.05, 0.1) is 12.6 Å². The minimum Gasteiger partial charge on any atom is -0.508 e. The molecule has 0 radical (unpaired) electrons. The molecule has 13 amide bonds. The zero-order valence-electron chi connectivity index (χ0n) is 69.7. The molecule has 638 valence electrons. The number of rotatable bonds is 55. The van der Waals surface area contributed by atoms with Crippen LogP contribution in [-0.4, -0.2) is 209 Å². The van der Waals surface area contributed by atoms with E-state index in [-0.39, 0.29) is 94.5 Å². The second-order valence-corrected chi connectivity index (χ2v) is 32.1. The molecule has 0 saturated heterocycles. The van der Waals surface area contributed by atoms with E-state index in [0.717, 1.165) is 0 Å². The Bertz CT molecular complexity index is 3160. The molecule has 16 atom stereocenters. The highest BCUT2D eigenvalue weighted by molar-refractivity contribution is 7.98. The van der Waals surface area contributed by atoms with Gasteiger partial charge in [0.25, 0.3) is 11.8 Å². The van der Waals surface area contributed by atoms with Crippen LogP contribution < -0.4 is 86.3 Å². The van der Waals surface area contributed by atoms with Gasteiger partial charge in [-0.05, 0) is 168 Å². The normalized spacial score (nSPS) is 16.0. The number of unbranched alkanes of at least 4 members (excludes halogenated alkanes) is 2. The van der Waals surface area contributed by atoms with Crippen LogP contribution in [0.25, 0.3) is 0 Å². The molecular formula is C79H140N16O16S. The van der Waals surface area contributed by atoms with Crippen molar-refractivity contribution in [3.05, 3.63) is 41.6 Å². The van der Waals surface area contributed by atoms with Crippen molar-refractivity contribution in [1.82, 2.24) is 69.1 Å². The van der Waals surface area contributed by atoms with Crippen LogP contribution in [0.15, 0.2) is 36.0 Å². The van der Waals surface area contributed by atoms with Crippen molar-refractivity contribution in [2.24, 2.45) is 64.5 Å². The van der Waals surface area contributed by atoms with Gasteiger partial charge in [-0.2, -0.15) is 11.8 Å². The molecule has 0 aliphatic rings. The fourth-order valence-corrected chi connectivity index (χ4v) is 12.3. The Morgan fingerprint density at radius 1 is 0.411 bits per heavy atom. The number of benzene rings is 1. The third kappa shape index (κ3) is 36.0. The molecular weight excluding hydrogens is 1460 g/mol. The van der Waals surface area contributed by atoms with E-state index < -0.39 is 191 Å². The van der Waals surface area contributed by atoms with E-state index in [0.29, 0.717) is 56.3 Å². The maximum absolute atomic E-state index is 14.7. The van der Waals surface area contributed by atoms with Crippen molar-refractivity contribution in [3.8, 4) is 5.75 Å². The number of allylic oxidation sites excluding steroid dienone is 1. The highest BCUT2D eigenvalue weighted by Crippen LogP contribution is 2.19. The molecule has 0 aliphatic heterocycles. The van der Waals surface area contributed by atoms with Crippen molar-refractivity contribution in [2.45, 2.75) is 286 Å². The quantitative estimate of drug-likeness (QED) is 0.0326. The van der Waals surface area contributed by atoms with Crippen LogP contribution >= 0.6 is 11.8 Å². The van der Waals surface area contributed by atoms with Crippen molar-refractivity contribution in [2.75, 3.05) is 38.2 Å². The molecule has 0 bridgehead atoms. The highest BCUT2D eigenvalue weighted by atomic mass is 32.2. The number of phenolic OH excluding ortho intramolecular Hbond substituents is 1. The average Bonchev–Trinajstić information content (AvgIpc) is 0.843. The van der Waals surface area contributed by atoms with E-state index in [4.69, 9.17) is 17.2 Å². The summed E-state index contributed by atoms with van der Waals surface area (Å²) < 4.78 is 0. The summed E-state index contributed by atoms with van der Waals surface area (Å²) in [4.78, 5) is 186. The molecule has 0 aromatic heterocycles. The van der Waals surface area contributed by atoms with Gasteiger partial charge in [0, 0.05) is 6.42 Å². The first kappa shape index (κ1) is 102. The maximum atomic E-state index is 14.7. The van der Waals surface area contributed by atoms with Crippen LogP contribution in [0.2, 0.25) is 0 Å². The maximum Gasteiger partial charge on any atom is 0.268 e. The predicted molar refractivity (Wildman–Crippen MR) is 434 cm³/mol. The minimum absolute atomic E-state index is 0.0221. The predicted octanol–water partition coefficient (Wildman–Crippen LogP) is 1.68. The molecule has 32 nitrogen and oxygen atoms in total. The highest BCUT2D eigenvalue weighted by Gasteiger charge is 2.40. The van der Waals surface area contributed by atoms with Crippen LogP contribution in [-0.2, 0) is 68.7 Å². The molecule has 0 unspecified atom stereocenters. The van der Waals surface area contributed by atoms with E-state index >= 15 is 0 Å². The van der Waals surface area contributed by atoms with Crippen molar-refractivity contribution in [3.63, 3.8) is 0 Å². The van der Waals surface area contributed by atoms with Gasteiger partial charge in [0.15, 0.2) is 0 Å². The Morgan fingerprint density at radius 2 is 0.759 bits per heavy atom. The molecule has 1 rings (SSSR count). The van der Waals surface area contributed by atoms with Crippen LogP contribution in [0, 0.1) is 47.3 Å². The van der Waals surface area contributed by atoms with Crippen LogP contribution in [0.3, 0.4) is 0 Å². The first-order valence-electron chi connectivity index (χ1n) is 40.0. The first-order chi connectivity index (χ1) is 52.8. The Balaban J connectivity index is 3.65. The molecule has 1 aromatic carbocycles. The molecule has 1 aromatic rings. The summed E-state index contributed by atoms with van der Waals surface area (Å²) in [7, 11) is 0. The Hall–Kier alpha value is -7.98. The second kappa shape index (κ2) is 53.9. The molecule has 0 saturated carbocycles. The lowest BCUT2D eigenvalue weighted by Crippen LogP contribution is -2.63. The van der Waals surface area contributed by atoms with E-state index in [2.05, 4.69) is 69.1 Å². The number of carbonyl (C=O) groups excluding carboxylic acids is 13. The van der Waals surface area contributed by atoms with Gasteiger partial charge in [-0.15, -0.1) is 0 Å². The number of nitrogens with one attached hydrogen (secondary N) is 13. The summed E-state index contributed by atoms with van der Waals surface area (Å²) in [6.07, 6.45) is 5.07. The van der Waals surface area contributed by atoms with E-state index in [1.807, 2.05) is 27.7 Å². The fraction of sp³-hybridized carbons (Fsp3) is 0.734.